The lowest BCUT2D eigenvalue weighted by Crippen LogP contribution is -2.33. The molecule has 0 aromatic rings. The molecule has 3 atom stereocenters. The number of allylic oxidation sites excluding steroid dienone is 2. The third-order valence-electron chi connectivity index (χ3n) is 4.52. The van der Waals surface area contributed by atoms with E-state index in [9.17, 15) is 9.90 Å². The second-order valence-electron chi connectivity index (χ2n) is 6.13. The first-order valence-electron chi connectivity index (χ1n) is 6.91. The summed E-state index contributed by atoms with van der Waals surface area (Å²) in [7, 11) is 0. The van der Waals surface area contributed by atoms with Crippen LogP contribution in [0.1, 0.15) is 46.5 Å². The van der Waals surface area contributed by atoms with Gasteiger partial charge in [-0.1, -0.05) is 26.3 Å². The van der Waals surface area contributed by atoms with Crippen LogP contribution in [-0.2, 0) is 4.79 Å². The topological polar surface area (TPSA) is 37.3 Å². The van der Waals surface area contributed by atoms with Crippen molar-refractivity contribution in [2.24, 2.45) is 23.7 Å². The van der Waals surface area contributed by atoms with Gasteiger partial charge in [0.25, 0.3) is 0 Å². The molecule has 1 N–H and O–H groups in total. The molecule has 1 saturated carbocycles. The summed E-state index contributed by atoms with van der Waals surface area (Å²) in [5.74, 6) is 2.18. The molecule has 0 spiro atoms. The number of hydrogen-bond donors (Lipinski definition) is 1. The highest BCUT2D eigenvalue weighted by Gasteiger charge is 2.37. The Kier molecular flexibility index (Phi) is 3.72. The third kappa shape index (κ3) is 2.33. The Labute approximate surface area is 104 Å². The minimum Gasteiger partial charge on any atom is -0.396 e. The summed E-state index contributed by atoms with van der Waals surface area (Å²) in [6, 6.07) is 0. The van der Waals surface area contributed by atoms with Crippen molar-refractivity contribution in [3.05, 3.63) is 11.1 Å². The molecular formula is C15H24O2. The van der Waals surface area contributed by atoms with Gasteiger partial charge in [0.15, 0.2) is 5.78 Å². The van der Waals surface area contributed by atoms with Crippen molar-refractivity contribution in [1.82, 2.24) is 0 Å². The zero-order chi connectivity index (χ0) is 12.6. The summed E-state index contributed by atoms with van der Waals surface area (Å²) in [6.07, 6.45) is 3.95. The standard InChI is InChI=1S/C15H24O2/c1-9(2)15-13-7-11(8-16)4-5-12(13)10(3)6-14(15)17/h9-12,16H,4-8H2,1-3H3/t10-,11-,12-/m0/s1. The van der Waals surface area contributed by atoms with Crippen molar-refractivity contribution in [3.8, 4) is 0 Å². The van der Waals surface area contributed by atoms with Gasteiger partial charge in [0.1, 0.15) is 0 Å². The molecule has 2 nitrogen and oxygen atoms in total. The molecule has 0 saturated heterocycles. The molecule has 2 aliphatic rings. The first-order chi connectivity index (χ1) is 8.04. The lowest BCUT2D eigenvalue weighted by Gasteiger charge is -2.40. The summed E-state index contributed by atoms with van der Waals surface area (Å²) in [5.41, 5.74) is 2.47. The molecule has 1 fully saturated rings. The number of aliphatic hydroxyl groups excluding tert-OH is 1. The second-order valence-corrected chi connectivity index (χ2v) is 6.13. The van der Waals surface area contributed by atoms with Gasteiger partial charge in [-0.3, -0.25) is 4.79 Å². The second kappa shape index (κ2) is 4.93. The monoisotopic (exact) mass is 236 g/mol. The number of ketones is 1. The van der Waals surface area contributed by atoms with Crippen LogP contribution in [0.4, 0.5) is 0 Å². The summed E-state index contributed by atoms with van der Waals surface area (Å²) in [5, 5.41) is 9.33. The first-order valence-corrected chi connectivity index (χ1v) is 6.91. The average molecular weight is 236 g/mol. The molecule has 2 rings (SSSR count). The van der Waals surface area contributed by atoms with Crippen LogP contribution in [0.3, 0.4) is 0 Å². The highest BCUT2D eigenvalue weighted by Crippen LogP contribution is 2.45. The van der Waals surface area contributed by atoms with Gasteiger partial charge in [0.05, 0.1) is 0 Å². The van der Waals surface area contributed by atoms with E-state index in [1.807, 2.05) is 0 Å². The fourth-order valence-corrected chi connectivity index (χ4v) is 3.66. The zero-order valence-corrected chi connectivity index (χ0v) is 11.2. The van der Waals surface area contributed by atoms with Crippen LogP contribution < -0.4 is 0 Å². The van der Waals surface area contributed by atoms with Gasteiger partial charge in [-0.2, -0.15) is 0 Å². The molecule has 2 heteroatoms. The molecule has 0 aromatic heterocycles. The molecule has 0 amide bonds. The Morgan fingerprint density at radius 1 is 1.29 bits per heavy atom. The number of rotatable bonds is 2. The molecule has 0 aromatic carbocycles. The number of fused-ring (bicyclic) bond motifs is 1. The van der Waals surface area contributed by atoms with Crippen molar-refractivity contribution in [2.75, 3.05) is 6.61 Å². The van der Waals surface area contributed by atoms with Crippen LogP contribution in [0.2, 0.25) is 0 Å². The predicted molar refractivity (Wildman–Crippen MR) is 68.6 cm³/mol. The van der Waals surface area contributed by atoms with E-state index < -0.39 is 0 Å². The van der Waals surface area contributed by atoms with E-state index >= 15 is 0 Å². The molecule has 17 heavy (non-hydrogen) atoms. The van der Waals surface area contributed by atoms with E-state index in [2.05, 4.69) is 20.8 Å². The summed E-state index contributed by atoms with van der Waals surface area (Å²) in [6.45, 7) is 6.72. The Hall–Kier alpha value is -0.630. The predicted octanol–water partition coefficient (Wildman–Crippen LogP) is 2.96. The average Bonchev–Trinajstić information content (AvgIpc) is 2.27. The smallest absolute Gasteiger partial charge is 0.159 e. The fraction of sp³-hybridized carbons (Fsp3) is 0.800. The van der Waals surface area contributed by atoms with Crippen molar-refractivity contribution < 1.29 is 9.90 Å². The van der Waals surface area contributed by atoms with Gasteiger partial charge in [-0.15, -0.1) is 0 Å². The molecule has 96 valence electrons. The van der Waals surface area contributed by atoms with Gasteiger partial charge >= 0.3 is 0 Å². The van der Waals surface area contributed by atoms with Gasteiger partial charge in [-0.05, 0) is 48.5 Å². The van der Waals surface area contributed by atoms with Gasteiger partial charge in [0.2, 0.25) is 0 Å². The summed E-state index contributed by atoms with van der Waals surface area (Å²) >= 11 is 0. The maximum atomic E-state index is 12.2. The van der Waals surface area contributed by atoms with Crippen LogP contribution >= 0.6 is 0 Å². The summed E-state index contributed by atoms with van der Waals surface area (Å²) in [4.78, 5) is 12.2. The maximum absolute atomic E-state index is 12.2. The van der Waals surface area contributed by atoms with Gasteiger partial charge in [0, 0.05) is 13.0 Å². The van der Waals surface area contributed by atoms with Crippen LogP contribution in [0.5, 0.6) is 0 Å². The Morgan fingerprint density at radius 2 is 2.00 bits per heavy atom. The Morgan fingerprint density at radius 3 is 2.59 bits per heavy atom. The van der Waals surface area contributed by atoms with E-state index in [4.69, 9.17) is 0 Å². The highest BCUT2D eigenvalue weighted by molar-refractivity contribution is 5.97. The zero-order valence-electron chi connectivity index (χ0n) is 11.2. The molecule has 2 aliphatic carbocycles. The number of carbonyl (C=O) groups excluding carboxylic acids is 1. The number of Topliss-reactive ketones (excluding diaryl/α,β-unsaturated/α-hetero) is 1. The van der Waals surface area contributed by atoms with E-state index in [0.29, 0.717) is 29.5 Å². The SMILES string of the molecule is CC(C)C1=C2C[C@@H](CO)CC[C@H]2[C@@H](C)CC1=O. The minimum atomic E-state index is 0.268. The fourth-order valence-electron chi connectivity index (χ4n) is 3.66. The first kappa shape index (κ1) is 12.8. The Bertz CT molecular complexity index is 341. The van der Waals surface area contributed by atoms with E-state index in [0.717, 1.165) is 31.3 Å². The van der Waals surface area contributed by atoms with Gasteiger partial charge in [-0.25, -0.2) is 0 Å². The molecule has 0 radical (unpaired) electrons. The Balaban J connectivity index is 2.36. The van der Waals surface area contributed by atoms with Crippen LogP contribution in [0.15, 0.2) is 11.1 Å². The lowest BCUT2D eigenvalue weighted by atomic mass is 9.65. The van der Waals surface area contributed by atoms with Crippen molar-refractivity contribution in [1.29, 1.82) is 0 Å². The number of hydrogen-bond acceptors (Lipinski definition) is 2. The quantitative estimate of drug-likeness (QED) is 0.800. The van der Waals surface area contributed by atoms with Gasteiger partial charge < -0.3 is 5.11 Å². The number of aliphatic hydroxyl groups is 1. The van der Waals surface area contributed by atoms with Crippen LogP contribution in [-0.4, -0.2) is 17.5 Å². The van der Waals surface area contributed by atoms with E-state index in [-0.39, 0.29) is 6.61 Å². The van der Waals surface area contributed by atoms with Crippen molar-refractivity contribution in [3.63, 3.8) is 0 Å². The maximum Gasteiger partial charge on any atom is 0.159 e. The van der Waals surface area contributed by atoms with Crippen LogP contribution in [0, 0.1) is 23.7 Å². The minimum absolute atomic E-state index is 0.268. The lowest BCUT2D eigenvalue weighted by molar-refractivity contribution is -0.118. The third-order valence-corrected chi connectivity index (χ3v) is 4.52. The highest BCUT2D eigenvalue weighted by atomic mass is 16.3. The van der Waals surface area contributed by atoms with Crippen LogP contribution in [0.25, 0.3) is 0 Å². The summed E-state index contributed by atoms with van der Waals surface area (Å²) < 4.78 is 0. The van der Waals surface area contributed by atoms with E-state index in [1.54, 1.807) is 0 Å². The molecule has 0 heterocycles. The normalized spacial score (nSPS) is 34.2. The molecule has 0 unspecified atom stereocenters. The number of carbonyl (C=O) groups is 1. The van der Waals surface area contributed by atoms with E-state index in [1.165, 1.54) is 5.57 Å². The molecule has 0 aliphatic heterocycles. The van der Waals surface area contributed by atoms with Crippen molar-refractivity contribution >= 4 is 5.78 Å². The molecular weight excluding hydrogens is 212 g/mol. The molecule has 0 bridgehead atoms. The van der Waals surface area contributed by atoms with Crippen molar-refractivity contribution in [2.45, 2.75) is 46.5 Å². The largest absolute Gasteiger partial charge is 0.396 e.